The molecular weight excluding hydrogens is 174 g/mol. The summed E-state index contributed by atoms with van der Waals surface area (Å²) in [5.41, 5.74) is 0. The molecule has 0 saturated carbocycles. The van der Waals surface area contributed by atoms with Gasteiger partial charge in [0.25, 0.3) is 0 Å². The van der Waals surface area contributed by atoms with Crippen LogP contribution < -0.4 is 0 Å². The Hall–Kier alpha value is -0.0800. The Morgan fingerprint density at radius 2 is 2.29 bits per heavy atom. The third-order valence-corrected chi connectivity index (χ3v) is 3.59. The third kappa shape index (κ3) is 3.58. The highest BCUT2D eigenvalue weighted by atomic mass is 16.2. The summed E-state index contributed by atoms with van der Waals surface area (Å²) >= 11 is 0. The van der Waals surface area contributed by atoms with Gasteiger partial charge in [0.2, 0.25) is 0 Å². The van der Waals surface area contributed by atoms with E-state index < -0.39 is 0 Å². The minimum atomic E-state index is 0.360. The fraction of sp³-hybridized carbons (Fsp3) is 1.00. The average molecular weight is 199 g/mol. The molecule has 0 aliphatic carbocycles. The van der Waals surface area contributed by atoms with Gasteiger partial charge in [-0.2, -0.15) is 0 Å². The highest BCUT2D eigenvalue weighted by Gasteiger charge is 2.23. The molecule has 1 aliphatic rings. The van der Waals surface area contributed by atoms with Crippen molar-refractivity contribution in [2.24, 2.45) is 11.8 Å². The molecule has 1 fully saturated rings. The Labute approximate surface area is 88.3 Å². The van der Waals surface area contributed by atoms with Crippen LogP contribution in [0.5, 0.6) is 0 Å². The second-order valence-corrected chi connectivity index (χ2v) is 4.70. The first kappa shape index (κ1) is 12.0. The van der Waals surface area contributed by atoms with Crippen molar-refractivity contribution in [3.8, 4) is 0 Å². The van der Waals surface area contributed by atoms with Crippen molar-refractivity contribution < 1.29 is 5.11 Å². The van der Waals surface area contributed by atoms with Crippen LogP contribution in [0, 0.1) is 11.8 Å². The molecule has 14 heavy (non-hydrogen) atoms. The molecule has 0 amide bonds. The molecule has 2 nitrogen and oxygen atoms in total. The van der Waals surface area contributed by atoms with Crippen molar-refractivity contribution in [1.29, 1.82) is 0 Å². The Morgan fingerprint density at radius 3 is 2.86 bits per heavy atom. The van der Waals surface area contributed by atoms with Crippen molar-refractivity contribution in [3.05, 3.63) is 0 Å². The Kier molecular flexibility index (Phi) is 5.49. The van der Waals surface area contributed by atoms with Crippen molar-refractivity contribution in [2.45, 2.75) is 39.0 Å². The summed E-state index contributed by atoms with van der Waals surface area (Å²) in [7, 11) is 2.23. The lowest BCUT2D eigenvalue weighted by Gasteiger charge is -2.34. The van der Waals surface area contributed by atoms with E-state index in [9.17, 15) is 0 Å². The van der Waals surface area contributed by atoms with Crippen molar-refractivity contribution in [1.82, 2.24) is 4.90 Å². The second kappa shape index (κ2) is 6.41. The van der Waals surface area contributed by atoms with Gasteiger partial charge in [-0.15, -0.1) is 0 Å². The lowest BCUT2D eigenvalue weighted by Crippen LogP contribution is -2.35. The number of hydrogen-bond acceptors (Lipinski definition) is 2. The summed E-state index contributed by atoms with van der Waals surface area (Å²) in [6, 6.07) is 0. The van der Waals surface area contributed by atoms with Crippen LogP contribution >= 0.6 is 0 Å². The summed E-state index contributed by atoms with van der Waals surface area (Å²) in [4.78, 5) is 2.45. The molecule has 2 heteroatoms. The van der Waals surface area contributed by atoms with E-state index in [-0.39, 0.29) is 0 Å². The van der Waals surface area contributed by atoms with Gasteiger partial charge in [-0.05, 0) is 51.1 Å². The van der Waals surface area contributed by atoms with E-state index in [1.807, 2.05) is 0 Å². The number of piperidine rings is 1. The lowest BCUT2D eigenvalue weighted by atomic mass is 9.81. The predicted octanol–water partition coefficient (Wildman–Crippen LogP) is 2.13. The zero-order valence-corrected chi connectivity index (χ0v) is 9.71. The number of aliphatic hydroxyl groups is 1. The van der Waals surface area contributed by atoms with E-state index in [1.165, 1.54) is 38.8 Å². The largest absolute Gasteiger partial charge is 0.396 e. The van der Waals surface area contributed by atoms with Crippen LogP contribution in [-0.4, -0.2) is 36.8 Å². The molecule has 1 saturated heterocycles. The normalized spacial score (nSPS) is 26.4. The minimum absolute atomic E-state index is 0.360. The van der Waals surface area contributed by atoms with Crippen LogP contribution in [0.4, 0.5) is 0 Å². The fourth-order valence-electron chi connectivity index (χ4n) is 2.72. The summed E-state index contributed by atoms with van der Waals surface area (Å²) < 4.78 is 0. The van der Waals surface area contributed by atoms with E-state index in [0.717, 1.165) is 18.3 Å². The van der Waals surface area contributed by atoms with Crippen LogP contribution in [0.3, 0.4) is 0 Å². The molecule has 0 aromatic rings. The Bertz CT molecular complexity index is 149. The molecule has 1 rings (SSSR count). The highest BCUT2D eigenvalue weighted by molar-refractivity contribution is 4.76. The standard InChI is InChI=1S/C12H25NO/c1-3-11(7-5-9-14)12-6-4-8-13(2)10-12/h11-12,14H,3-10H2,1-2H3. The molecule has 1 N–H and O–H groups in total. The van der Waals surface area contributed by atoms with Gasteiger partial charge < -0.3 is 10.0 Å². The maximum atomic E-state index is 8.85. The van der Waals surface area contributed by atoms with Crippen LogP contribution in [0.25, 0.3) is 0 Å². The van der Waals surface area contributed by atoms with Gasteiger partial charge in [-0.25, -0.2) is 0 Å². The minimum Gasteiger partial charge on any atom is -0.396 e. The number of nitrogens with zero attached hydrogens (tertiary/aromatic N) is 1. The predicted molar refractivity (Wildman–Crippen MR) is 60.3 cm³/mol. The molecule has 0 bridgehead atoms. The molecule has 2 atom stereocenters. The van der Waals surface area contributed by atoms with Gasteiger partial charge in [0.1, 0.15) is 0 Å². The van der Waals surface area contributed by atoms with Gasteiger partial charge in [-0.1, -0.05) is 13.3 Å². The summed E-state index contributed by atoms with van der Waals surface area (Å²) in [5.74, 6) is 1.72. The van der Waals surface area contributed by atoms with Crippen LogP contribution in [0.15, 0.2) is 0 Å². The van der Waals surface area contributed by atoms with Gasteiger partial charge >= 0.3 is 0 Å². The third-order valence-electron chi connectivity index (χ3n) is 3.59. The van der Waals surface area contributed by atoms with Crippen molar-refractivity contribution >= 4 is 0 Å². The van der Waals surface area contributed by atoms with Gasteiger partial charge in [0.05, 0.1) is 0 Å². The number of aliphatic hydroxyl groups excluding tert-OH is 1. The molecule has 1 heterocycles. The molecule has 84 valence electrons. The fourth-order valence-corrected chi connectivity index (χ4v) is 2.72. The molecule has 0 radical (unpaired) electrons. The quantitative estimate of drug-likeness (QED) is 0.733. The van der Waals surface area contributed by atoms with Crippen molar-refractivity contribution in [3.63, 3.8) is 0 Å². The van der Waals surface area contributed by atoms with E-state index in [4.69, 9.17) is 5.11 Å². The maximum Gasteiger partial charge on any atom is 0.0431 e. The molecule has 0 aromatic carbocycles. The topological polar surface area (TPSA) is 23.5 Å². The molecular formula is C12H25NO. The Balaban J connectivity index is 2.34. The van der Waals surface area contributed by atoms with E-state index in [0.29, 0.717) is 6.61 Å². The second-order valence-electron chi connectivity index (χ2n) is 4.70. The van der Waals surface area contributed by atoms with E-state index in [1.54, 1.807) is 0 Å². The zero-order chi connectivity index (χ0) is 10.4. The first-order valence-electron chi connectivity index (χ1n) is 6.07. The smallest absolute Gasteiger partial charge is 0.0431 e. The van der Waals surface area contributed by atoms with Gasteiger partial charge in [0.15, 0.2) is 0 Å². The number of hydrogen-bond donors (Lipinski definition) is 1. The van der Waals surface area contributed by atoms with Crippen molar-refractivity contribution in [2.75, 3.05) is 26.7 Å². The maximum absolute atomic E-state index is 8.85. The lowest BCUT2D eigenvalue weighted by molar-refractivity contribution is 0.143. The van der Waals surface area contributed by atoms with Crippen LogP contribution in [-0.2, 0) is 0 Å². The van der Waals surface area contributed by atoms with Crippen LogP contribution in [0.2, 0.25) is 0 Å². The Morgan fingerprint density at radius 1 is 1.50 bits per heavy atom. The SMILES string of the molecule is CCC(CCCO)C1CCCN(C)C1. The van der Waals surface area contributed by atoms with Gasteiger partial charge in [-0.3, -0.25) is 0 Å². The zero-order valence-electron chi connectivity index (χ0n) is 9.71. The molecule has 0 aromatic heterocycles. The number of likely N-dealkylation sites (tertiary alicyclic amines) is 1. The first-order valence-corrected chi connectivity index (χ1v) is 6.07. The van der Waals surface area contributed by atoms with Crippen LogP contribution in [0.1, 0.15) is 39.0 Å². The van der Waals surface area contributed by atoms with E-state index in [2.05, 4.69) is 18.9 Å². The summed E-state index contributed by atoms with van der Waals surface area (Å²) in [6.07, 6.45) is 6.23. The summed E-state index contributed by atoms with van der Waals surface area (Å²) in [5, 5.41) is 8.85. The average Bonchev–Trinajstić information content (AvgIpc) is 2.19. The summed E-state index contributed by atoms with van der Waals surface area (Å²) in [6.45, 7) is 5.19. The molecule has 1 aliphatic heterocycles. The van der Waals surface area contributed by atoms with E-state index >= 15 is 0 Å². The first-order chi connectivity index (χ1) is 6.77. The molecule has 0 spiro atoms. The van der Waals surface area contributed by atoms with Gasteiger partial charge in [0, 0.05) is 13.2 Å². The number of rotatable bonds is 5. The molecule has 2 unspecified atom stereocenters. The highest BCUT2D eigenvalue weighted by Crippen LogP contribution is 2.28. The monoisotopic (exact) mass is 199 g/mol.